The number of unbranched alkanes of at least 4 members (excludes halogenated alkanes) is 31. The van der Waals surface area contributed by atoms with Crippen LogP contribution in [0.25, 0.3) is 0 Å². The number of hydrogen-bond acceptors (Lipinski definition) is 13. The van der Waals surface area contributed by atoms with Gasteiger partial charge in [-0.15, -0.1) is 0 Å². The van der Waals surface area contributed by atoms with E-state index in [1.807, 2.05) is 6.08 Å². The zero-order chi connectivity index (χ0) is 51.7. The van der Waals surface area contributed by atoms with Crippen LogP contribution in [-0.4, -0.2) is 140 Å². The summed E-state index contributed by atoms with van der Waals surface area (Å²) in [6.45, 7) is 2.76. The van der Waals surface area contributed by atoms with Crippen molar-refractivity contribution < 1.29 is 64.6 Å². The summed E-state index contributed by atoms with van der Waals surface area (Å²) < 4.78 is 22.7. The van der Waals surface area contributed by atoms with Gasteiger partial charge in [0.25, 0.3) is 0 Å². The van der Waals surface area contributed by atoms with Gasteiger partial charge in [0.05, 0.1) is 32.0 Å². The molecule has 0 aromatic carbocycles. The molecule has 0 aliphatic carbocycles. The number of amides is 1. The molecule has 12 atom stereocenters. The standard InChI is InChI=1S/C57H107NO13/c1-3-5-7-9-11-13-15-16-17-18-19-20-21-22-23-24-25-26-27-28-29-31-33-35-37-39-41-49(62)58-45(46(61)40-38-36-34-32-30-14-12-10-8-6-4-2)44-68-56-54(67)52(65)55(48(43-60)70-56)71-57-53(66)51(64)50(63)47(42-59)69-57/h30,32,38,40,45-48,50-57,59-61,63-67H,3-29,31,33-37,39,41-44H2,1-2H3,(H,58,62)/b32-30+,40-38+. The molecule has 9 N–H and O–H groups in total. The van der Waals surface area contributed by atoms with Crippen LogP contribution in [0, 0.1) is 0 Å². The highest BCUT2D eigenvalue weighted by atomic mass is 16.7. The van der Waals surface area contributed by atoms with Crippen molar-refractivity contribution in [2.24, 2.45) is 0 Å². The lowest BCUT2D eigenvalue weighted by molar-refractivity contribution is -0.359. The molecular formula is C57H107NO13. The molecule has 0 saturated carbocycles. The van der Waals surface area contributed by atoms with E-state index in [9.17, 15) is 45.6 Å². The number of nitrogens with one attached hydrogen (secondary N) is 1. The largest absolute Gasteiger partial charge is 0.394 e. The normalized spacial score (nSPS) is 25.9. The van der Waals surface area contributed by atoms with Gasteiger partial charge in [0, 0.05) is 6.42 Å². The number of aliphatic hydroxyl groups is 8. The first-order valence-corrected chi connectivity index (χ1v) is 29.1. The summed E-state index contributed by atoms with van der Waals surface area (Å²) >= 11 is 0. The minimum Gasteiger partial charge on any atom is -0.394 e. The Hall–Kier alpha value is -1.53. The average Bonchev–Trinajstić information content (AvgIpc) is 3.37. The molecule has 71 heavy (non-hydrogen) atoms. The maximum Gasteiger partial charge on any atom is 0.220 e. The van der Waals surface area contributed by atoms with E-state index in [1.165, 1.54) is 173 Å². The summed E-state index contributed by atoms with van der Waals surface area (Å²) in [5, 5.41) is 86.8. The van der Waals surface area contributed by atoms with Gasteiger partial charge in [0.15, 0.2) is 12.6 Å². The highest BCUT2D eigenvalue weighted by molar-refractivity contribution is 5.76. The minimum atomic E-state index is -1.79. The van der Waals surface area contributed by atoms with E-state index < -0.39 is 86.8 Å². The van der Waals surface area contributed by atoms with E-state index in [4.69, 9.17) is 18.9 Å². The molecule has 2 aliphatic heterocycles. The summed E-state index contributed by atoms with van der Waals surface area (Å²) in [7, 11) is 0. The molecule has 2 aliphatic rings. The Morgan fingerprint density at radius 1 is 0.493 bits per heavy atom. The zero-order valence-electron chi connectivity index (χ0n) is 44.7. The molecule has 12 unspecified atom stereocenters. The third kappa shape index (κ3) is 30.0. The van der Waals surface area contributed by atoms with E-state index >= 15 is 0 Å². The molecule has 0 radical (unpaired) electrons. The summed E-state index contributed by atoms with van der Waals surface area (Å²) in [5.74, 6) is -0.247. The maximum atomic E-state index is 13.2. The Morgan fingerprint density at radius 2 is 0.901 bits per heavy atom. The second kappa shape index (κ2) is 43.7. The van der Waals surface area contributed by atoms with Gasteiger partial charge in [-0.3, -0.25) is 4.79 Å². The van der Waals surface area contributed by atoms with Crippen molar-refractivity contribution in [1.29, 1.82) is 0 Å². The van der Waals surface area contributed by atoms with Crippen LogP contribution < -0.4 is 5.32 Å². The van der Waals surface area contributed by atoms with Gasteiger partial charge in [0.2, 0.25) is 5.91 Å². The number of carbonyl (C=O) groups excluding carboxylic acids is 1. The first-order chi connectivity index (χ1) is 34.6. The minimum absolute atomic E-state index is 0.247. The molecule has 14 nitrogen and oxygen atoms in total. The van der Waals surface area contributed by atoms with Gasteiger partial charge in [-0.2, -0.15) is 0 Å². The predicted molar refractivity (Wildman–Crippen MR) is 282 cm³/mol. The van der Waals surface area contributed by atoms with Crippen molar-refractivity contribution in [3.05, 3.63) is 24.3 Å². The van der Waals surface area contributed by atoms with Crippen molar-refractivity contribution >= 4 is 5.91 Å². The van der Waals surface area contributed by atoms with Gasteiger partial charge in [-0.1, -0.05) is 224 Å². The van der Waals surface area contributed by atoms with E-state index in [0.29, 0.717) is 12.8 Å². The Morgan fingerprint density at radius 3 is 1.38 bits per heavy atom. The molecule has 2 rings (SSSR count). The highest BCUT2D eigenvalue weighted by Gasteiger charge is 2.51. The molecule has 2 heterocycles. The van der Waals surface area contributed by atoms with Crippen molar-refractivity contribution in [1.82, 2.24) is 5.32 Å². The van der Waals surface area contributed by atoms with Crippen LogP contribution in [0.2, 0.25) is 0 Å². The summed E-state index contributed by atoms with van der Waals surface area (Å²) in [5.41, 5.74) is 0. The second-order valence-electron chi connectivity index (χ2n) is 20.8. The van der Waals surface area contributed by atoms with E-state index in [0.717, 1.165) is 32.1 Å². The molecule has 14 heteroatoms. The van der Waals surface area contributed by atoms with Crippen LogP contribution in [0.5, 0.6) is 0 Å². The lowest BCUT2D eigenvalue weighted by atomic mass is 9.97. The Balaban J connectivity index is 1.70. The number of aliphatic hydroxyl groups excluding tert-OH is 8. The lowest BCUT2D eigenvalue weighted by Gasteiger charge is -2.46. The van der Waals surface area contributed by atoms with E-state index in [1.54, 1.807) is 6.08 Å². The molecule has 0 spiro atoms. The van der Waals surface area contributed by atoms with Crippen LogP contribution in [-0.2, 0) is 23.7 Å². The summed E-state index contributed by atoms with van der Waals surface area (Å²) in [4.78, 5) is 13.2. The lowest BCUT2D eigenvalue weighted by Crippen LogP contribution is -2.65. The van der Waals surface area contributed by atoms with Crippen molar-refractivity contribution in [3.63, 3.8) is 0 Å². The van der Waals surface area contributed by atoms with E-state index in [2.05, 4.69) is 31.3 Å². The SMILES string of the molecule is CCCCCCC/C=C/CC/C=C/C(O)C(COC1OC(CO)C(OC2OC(CO)C(O)C(O)C2O)C(O)C1O)NC(=O)CCCCCCCCCCCCCCCCCCCCCCCCCCCC. The molecule has 0 aromatic rings. The molecule has 0 aromatic heterocycles. The Kier molecular flexibility index (Phi) is 40.4. The van der Waals surface area contributed by atoms with Crippen LogP contribution >= 0.6 is 0 Å². The van der Waals surface area contributed by atoms with Gasteiger partial charge in [-0.05, 0) is 32.1 Å². The topological polar surface area (TPSA) is 228 Å². The Labute approximate surface area is 430 Å². The molecule has 418 valence electrons. The first-order valence-electron chi connectivity index (χ1n) is 29.1. The monoisotopic (exact) mass is 1010 g/mol. The molecular weight excluding hydrogens is 907 g/mol. The molecule has 0 bridgehead atoms. The van der Waals surface area contributed by atoms with Crippen molar-refractivity contribution in [2.75, 3.05) is 19.8 Å². The number of hydrogen-bond donors (Lipinski definition) is 9. The summed E-state index contributed by atoms with van der Waals surface area (Å²) in [6, 6.07) is -0.926. The Bertz CT molecular complexity index is 1290. The number of ether oxygens (including phenoxy) is 4. The molecule has 2 fully saturated rings. The van der Waals surface area contributed by atoms with Gasteiger partial charge >= 0.3 is 0 Å². The van der Waals surface area contributed by atoms with Gasteiger partial charge < -0.3 is 65.1 Å². The van der Waals surface area contributed by atoms with Crippen LogP contribution in [0.1, 0.15) is 239 Å². The summed E-state index contributed by atoms with van der Waals surface area (Å²) in [6.07, 6.45) is 33.9. The number of rotatable bonds is 46. The molecule has 2 saturated heterocycles. The van der Waals surface area contributed by atoms with Crippen LogP contribution in [0.15, 0.2) is 24.3 Å². The van der Waals surface area contributed by atoms with Crippen molar-refractivity contribution in [2.45, 2.75) is 312 Å². The van der Waals surface area contributed by atoms with Crippen LogP contribution in [0.4, 0.5) is 0 Å². The van der Waals surface area contributed by atoms with Crippen LogP contribution in [0.3, 0.4) is 0 Å². The van der Waals surface area contributed by atoms with Gasteiger partial charge in [0.1, 0.15) is 48.8 Å². The fourth-order valence-corrected chi connectivity index (χ4v) is 9.66. The number of carbonyl (C=O) groups is 1. The fraction of sp³-hybridized carbons (Fsp3) is 0.912. The van der Waals surface area contributed by atoms with Gasteiger partial charge in [-0.25, -0.2) is 0 Å². The fourth-order valence-electron chi connectivity index (χ4n) is 9.66. The number of allylic oxidation sites excluding steroid dienone is 3. The first kappa shape index (κ1) is 65.6. The smallest absolute Gasteiger partial charge is 0.220 e. The second-order valence-corrected chi connectivity index (χ2v) is 20.8. The van der Waals surface area contributed by atoms with E-state index in [-0.39, 0.29) is 18.9 Å². The average molecular weight is 1010 g/mol. The highest BCUT2D eigenvalue weighted by Crippen LogP contribution is 2.30. The molecule has 1 amide bonds. The third-order valence-electron chi connectivity index (χ3n) is 14.4. The zero-order valence-corrected chi connectivity index (χ0v) is 44.7. The predicted octanol–water partition coefficient (Wildman–Crippen LogP) is 9.28. The maximum absolute atomic E-state index is 13.2. The quantitative estimate of drug-likeness (QED) is 0.0205. The van der Waals surface area contributed by atoms with Crippen molar-refractivity contribution in [3.8, 4) is 0 Å². The third-order valence-corrected chi connectivity index (χ3v) is 14.4.